The largest absolute Gasteiger partial charge is 0.465 e. The van der Waals surface area contributed by atoms with Gasteiger partial charge in [-0.2, -0.15) is 0 Å². The molecule has 1 aromatic heterocycles. The van der Waals surface area contributed by atoms with Gasteiger partial charge in [0.1, 0.15) is 16.7 Å². The lowest BCUT2D eigenvalue weighted by Gasteiger charge is -2.35. The van der Waals surface area contributed by atoms with Crippen LogP contribution < -0.4 is 20.9 Å². The lowest BCUT2D eigenvalue weighted by atomic mass is 9.68. The molecule has 0 aliphatic carbocycles. The molecule has 0 saturated carbocycles. The number of nitrogens with zero attached hydrogens (tertiary/aromatic N) is 2. The second kappa shape index (κ2) is 7.16. The minimum Gasteiger partial charge on any atom is -0.465 e. The average Bonchev–Trinajstić information content (AvgIpc) is 2.97. The molecular weight excluding hydrogens is 398 g/mol. The first-order valence-corrected chi connectivity index (χ1v) is 9.88. The van der Waals surface area contributed by atoms with Gasteiger partial charge in [-0.05, 0) is 19.9 Å². The van der Waals surface area contributed by atoms with Gasteiger partial charge in [0.05, 0.1) is 12.7 Å². The summed E-state index contributed by atoms with van der Waals surface area (Å²) in [5.41, 5.74) is 5.53. The molecule has 8 nitrogen and oxygen atoms in total. The van der Waals surface area contributed by atoms with Gasteiger partial charge in [0.15, 0.2) is 0 Å². The van der Waals surface area contributed by atoms with Crippen LogP contribution in [-0.4, -0.2) is 30.1 Å². The van der Waals surface area contributed by atoms with Crippen LogP contribution in [0, 0.1) is 6.92 Å². The maximum atomic E-state index is 14.1. The highest BCUT2D eigenvalue weighted by atomic mass is 16.5. The minimum atomic E-state index is -1.79. The molecule has 8 heteroatoms. The number of aryl methyl sites for hydroxylation is 1. The molecule has 2 aliphatic rings. The van der Waals surface area contributed by atoms with Crippen molar-refractivity contribution >= 4 is 17.6 Å². The van der Waals surface area contributed by atoms with Gasteiger partial charge in [-0.1, -0.05) is 24.3 Å². The van der Waals surface area contributed by atoms with Crippen molar-refractivity contribution in [3.8, 4) is 5.75 Å². The van der Waals surface area contributed by atoms with E-state index >= 15 is 0 Å². The number of rotatable bonds is 4. The zero-order valence-corrected chi connectivity index (χ0v) is 17.6. The number of aromatic nitrogens is 1. The summed E-state index contributed by atoms with van der Waals surface area (Å²) >= 11 is 0. The smallest absolute Gasteiger partial charge is 0.340 e. The molecule has 160 valence electrons. The summed E-state index contributed by atoms with van der Waals surface area (Å²) in [4.78, 5) is 42.2. The van der Waals surface area contributed by atoms with Crippen molar-refractivity contribution in [3.63, 3.8) is 0 Å². The highest BCUT2D eigenvalue weighted by Crippen LogP contribution is 2.54. The number of fused-ring (bicyclic) bond motifs is 4. The Labute approximate surface area is 179 Å². The van der Waals surface area contributed by atoms with E-state index in [-0.39, 0.29) is 29.3 Å². The Morgan fingerprint density at radius 3 is 2.68 bits per heavy atom. The van der Waals surface area contributed by atoms with Crippen molar-refractivity contribution in [3.05, 3.63) is 81.6 Å². The Hall–Kier alpha value is -3.81. The Kier molecular flexibility index (Phi) is 4.72. The van der Waals surface area contributed by atoms with Crippen LogP contribution >= 0.6 is 0 Å². The topological polar surface area (TPSA) is 104 Å². The molecule has 1 spiro atoms. The van der Waals surface area contributed by atoms with E-state index in [1.807, 2.05) is 6.92 Å². The van der Waals surface area contributed by atoms with Crippen molar-refractivity contribution in [2.75, 3.05) is 18.6 Å². The molecule has 0 saturated heterocycles. The molecule has 1 atom stereocenters. The lowest BCUT2D eigenvalue weighted by Crippen LogP contribution is -2.52. The second-order valence-corrected chi connectivity index (χ2v) is 7.38. The van der Waals surface area contributed by atoms with Crippen LogP contribution in [0.1, 0.15) is 23.7 Å². The van der Waals surface area contributed by atoms with E-state index in [9.17, 15) is 14.4 Å². The highest BCUT2D eigenvalue weighted by molar-refractivity contribution is 6.18. The summed E-state index contributed by atoms with van der Waals surface area (Å²) < 4.78 is 12.2. The van der Waals surface area contributed by atoms with Crippen LogP contribution in [0.4, 0.5) is 5.69 Å². The highest BCUT2D eigenvalue weighted by Gasteiger charge is 2.62. The number of methoxy groups -OCH3 is 1. The number of hydrogen-bond donors (Lipinski definition) is 1. The van der Waals surface area contributed by atoms with Gasteiger partial charge < -0.3 is 24.7 Å². The molecule has 1 aromatic carbocycles. The van der Waals surface area contributed by atoms with Crippen LogP contribution in [-0.2, 0) is 26.3 Å². The van der Waals surface area contributed by atoms with Gasteiger partial charge in [0.2, 0.25) is 11.8 Å². The first-order chi connectivity index (χ1) is 14.8. The number of para-hydroxylation sites is 1. The number of esters is 1. The molecule has 0 fully saturated rings. The molecule has 0 bridgehead atoms. The fourth-order valence-corrected chi connectivity index (χ4v) is 4.64. The fourth-order valence-electron chi connectivity index (χ4n) is 4.64. The van der Waals surface area contributed by atoms with Crippen molar-refractivity contribution < 1.29 is 19.1 Å². The van der Waals surface area contributed by atoms with Gasteiger partial charge in [-0.25, -0.2) is 4.79 Å². The SMILES string of the molecule is C=CCN1C(=O)[C@@]2(C(C(=O)OC)=C(N)Oc3cc(C)n(CC)c(=O)c32)c2ccccc21. The molecule has 2 aromatic rings. The van der Waals surface area contributed by atoms with E-state index in [4.69, 9.17) is 15.2 Å². The van der Waals surface area contributed by atoms with Crippen molar-refractivity contribution in [1.82, 2.24) is 4.57 Å². The maximum Gasteiger partial charge on any atom is 0.340 e. The molecule has 4 rings (SSSR count). The first-order valence-electron chi connectivity index (χ1n) is 9.88. The van der Waals surface area contributed by atoms with Crippen molar-refractivity contribution in [2.24, 2.45) is 5.73 Å². The van der Waals surface area contributed by atoms with E-state index in [1.165, 1.54) is 16.6 Å². The summed E-state index contributed by atoms with van der Waals surface area (Å²) in [6, 6.07) is 8.67. The van der Waals surface area contributed by atoms with E-state index < -0.39 is 22.9 Å². The van der Waals surface area contributed by atoms with Gasteiger partial charge >= 0.3 is 5.97 Å². The van der Waals surface area contributed by atoms with Crippen LogP contribution in [0.25, 0.3) is 0 Å². The van der Waals surface area contributed by atoms with Gasteiger partial charge in [0, 0.05) is 36.1 Å². The average molecular weight is 421 g/mol. The van der Waals surface area contributed by atoms with E-state index in [1.54, 1.807) is 43.3 Å². The van der Waals surface area contributed by atoms with Crippen LogP contribution in [0.15, 0.2) is 59.2 Å². The van der Waals surface area contributed by atoms with Crippen LogP contribution in [0.2, 0.25) is 0 Å². The maximum absolute atomic E-state index is 14.1. The van der Waals surface area contributed by atoms with Gasteiger partial charge in [-0.15, -0.1) is 6.58 Å². The third-order valence-corrected chi connectivity index (χ3v) is 5.87. The molecule has 0 unspecified atom stereocenters. The first kappa shape index (κ1) is 20.5. The summed E-state index contributed by atoms with van der Waals surface area (Å²) in [6.07, 6.45) is 1.58. The summed E-state index contributed by atoms with van der Waals surface area (Å²) in [6.45, 7) is 7.91. The van der Waals surface area contributed by atoms with Crippen molar-refractivity contribution in [1.29, 1.82) is 0 Å². The predicted octanol–water partition coefficient (Wildman–Crippen LogP) is 1.73. The summed E-state index contributed by atoms with van der Waals surface area (Å²) in [7, 11) is 1.19. The number of amides is 1. The van der Waals surface area contributed by atoms with E-state index in [2.05, 4.69) is 6.58 Å². The molecule has 1 amide bonds. The normalized spacial score (nSPS) is 19.2. The Balaban J connectivity index is 2.22. The molecule has 3 heterocycles. The van der Waals surface area contributed by atoms with Gasteiger partial charge in [0.25, 0.3) is 5.56 Å². The zero-order valence-electron chi connectivity index (χ0n) is 17.6. The van der Waals surface area contributed by atoms with Crippen LogP contribution in [0.5, 0.6) is 5.75 Å². The number of hydrogen-bond acceptors (Lipinski definition) is 6. The van der Waals surface area contributed by atoms with Crippen molar-refractivity contribution in [2.45, 2.75) is 25.8 Å². The number of benzene rings is 1. The second-order valence-electron chi connectivity index (χ2n) is 7.38. The van der Waals surface area contributed by atoms with E-state index in [0.717, 1.165) is 0 Å². The Morgan fingerprint density at radius 1 is 1.32 bits per heavy atom. The van der Waals surface area contributed by atoms with Crippen LogP contribution in [0.3, 0.4) is 0 Å². The number of carbonyl (C=O) groups excluding carboxylic acids is 2. The third kappa shape index (κ3) is 2.51. The quantitative estimate of drug-likeness (QED) is 0.596. The van der Waals surface area contributed by atoms with E-state index in [0.29, 0.717) is 23.5 Å². The third-order valence-electron chi connectivity index (χ3n) is 5.87. The number of nitrogens with two attached hydrogens (primary N) is 1. The molecular formula is C23H23N3O5. The Bertz CT molecular complexity index is 1230. The zero-order chi connectivity index (χ0) is 22.5. The number of ether oxygens (including phenoxy) is 2. The Morgan fingerprint density at radius 2 is 2.03 bits per heavy atom. The summed E-state index contributed by atoms with van der Waals surface area (Å²) in [5, 5.41) is 0. The standard InChI is InChI=1S/C23H23N3O5/c1-5-11-26-15-10-8-7-9-14(15)23(22(26)29)17-16(12-13(3)25(6-2)20(17)27)31-19(24)18(23)21(28)30-4/h5,7-10,12H,1,6,11,24H2,2-4H3/t23-/m0/s1. The molecule has 2 aliphatic heterocycles. The molecule has 31 heavy (non-hydrogen) atoms. The number of pyridine rings is 1. The minimum absolute atomic E-state index is 0.0542. The number of anilines is 1. The summed E-state index contributed by atoms with van der Waals surface area (Å²) in [5.74, 6) is -1.43. The van der Waals surface area contributed by atoms with Gasteiger partial charge in [-0.3, -0.25) is 9.59 Å². The number of carbonyl (C=O) groups is 2. The molecule has 0 radical (unpaired) electrons. The molecule has 2 N–H and O–H groups in total. The fraction of sp³-hybridized carbons (Fsp3) is 0.261. The predicted molar refractivity (Wildman–Crippen MR) is 115 cm³/mol. The lowest BCUT2D eigenvalue weighted by molar-refractivity contribution is -0.138. The monoisotopic (exact) mass is 421 g/mol.